The number of rotatable bonds is 4. The standard InChI is InChI=1S/C24H21FN2O/c1-17(28)27-24(13-11-18-5-2-3-8-23(18)24)14-12-22-10-9-20(16-26-22)19-6-4-7-21(25)15-19/h2-10,12,14-16H,11,13H2,1H3,(H,27,28)/b14-12+. The number of carbonyl (C=O) groups is 1. The molecule has 1 unspecified atom stereocenters. The Hall–Kier alpha value is -3.27. The largest absolute Gasteiger partial charge is 0.343 e. The summed E-state index contributed by atoms with van der Waals surface area (Å²) in [5.41, 5.74) is 4.33. The molecular weight excluding hydrogens is 351 g/mol. The summed E-state index contributed by atoms with van der Waals surface area (Å²) in [7, 11) is 0. The first-order valence-electron chi connectivity index (χ1n) is 9.34. The van der Waals surface area contributed by atoms with Crippen LogP contribution in [0.2, 0.25) is 0 Å². The highest BCUT2D eigenvalue weighted by atomic mass is 19.1. The van der Waals surface area contributed by atoms with Crippen LogP contribution in [0, 0.1) is 5.82 Å². The van der Waals surface area contributed by atoms with Crippen LogP contribution in [0.5, 0.6) is 0 Å². The van der Waals surface area contributed by atoms with Crippen LogP contribution in [0.1, 0.15) is 30.2 Å². The Kier molecular flexibility index (Phi) is 4.78. The van der Waals surface area contributed by atoms with Gasteiger partial charge >= 0.3 is 0 Å². The molecular formula is C24H21FN2O. The zero-order chi connectivity index (χ0) is 19.6. The molecule has 0 radical (unpaired) electrons. The van der Waals surface area contributed by atoms with E-state index in [-0.39, 0.29) is 11.7 Å². The summed E-state index contributed by atoms with van der Waals surface area (Å²) < 4.78 is 13.4. The van der Waals surface area contributed by atoms with Crippen LogP contribution in [-0.2, 0) is 16.8 Å². The number of aromatic nitrogens is 1. The van der Waals surface area contributed by atoms with Crippen molar-refractivity contribution in [2.75, 3.05) is 0 Å². The molecule has 28 heavy (non-hydrogen) atoms. The predicted molar refractivity (Wildman–Crippen MR) is 109 cm³/mol. The summed E-state index contributed by atoms with van der Waals surface area (Å²) in [4.78, 5) is 16.4. The van der Waals surface area contributed by atoms with E-state index in [0.717, 1.165) is 35.2 Å². The molecule has 1 aromatic heterocycles. The van der Waals surface area contributed by atoms with Gasteiger partial charge in [-0.15, -0.1) is 0 Å². The fraction of sp³-hybridized carbons (Fsp3) is 0.167. The molecule has 0 saturated heterocycles. The Morgan fingerprint density at radius 1 is 1.11 bits per heavy atom. The zero-order valence-electron chi connectivity index (χ0n) is 15.7. The van der Waals surface area contributed by atoms with E-state index in [2.05, 4.69) is 22.4 Å². The minimum Gasteiger partial charge on any atom is -0.343 e. The minimum atomic E-state index is -0.509. The third kappa shape index (κ3) is 3.58. The maximum atomic E-state index is 13.4. The second-order valence-electron chi connectivity index (χ2n) is 7.13. The SMILES string of the molecule is CC(=O)NC1(/C=C/c2ccc(-c3cccc(F)c3)cn2)CCc2ccccc21. The van der Waals surface area contributed by atoms with Gasteiger partial charge in [-0.1, -0.05) is 48.5 Å². The Bertz CT molecular complexity index is 1040. The number of fused-ring (bicyclic) bond motifs is 1. The highest BCUT2D eigenvalue weighted by molar-refractivity contribution is 5.75. The Balaban J connectivity index is 1.62. The molecule has 1 N–H and O–H groups in total. The van der Waals surface area contributed by atoms with E-state index in [1.165, 1.54) is 17.7 Å². The number of benzene rings is 2. The van der Waals surface area contributed by atoms with Gasteiger partial charge in [0.25, 0.3) is 0 Å². The van der Waals surface area contributed by atoms with E-state index in [0.29, 0.717) is 0 Å². The first-order chi connectivity index (χ1) is 13.6. The molecule has 4 rings (SSSR count). The summed E-state index contributed by atoms with van der Waals surface area (Å²) in [6.07, 6.45) is 7.45. The Morgan fingerprint density at radius 3 is 2.71 bits per heavy atom. The van der Waals surface area contributed by atoms with Crippen molar-refractivity contribution >= 4 is 12.0 Å². The van der Waals surface area contributed by atoms with Crippen LogP contribution in [0.4, 0.5) is 4.39 Å². The lowest BCUT2D eigenvalue weighted by molar-refractivity contribution is -0.120. The number of halogens is 1. The maximum absolute atomic E-state index is 13.4. The Labute approximate surface area is 164 Å². The fourth-order valence-corrected chi connectivity index (χ4v) is 3.87. The number of amides is 1. The fourth-order valence-electron chi connectivity index (χ4n) is 3.87. The number of hydrogen-bond acceptors (Lipinski definition) is 2. The molecule has 0 bridgehead atoms. The van der Waals surface area contributed by atoms with Gasteiger partial charge in [-0.05, 0) is 53.8 Å². The van der Waals surface area contributed by atoms with Gasteiger partial charge in [0, 0.05) is 18.7 Å². The quantitative estimate of drug-likeness (QED) is 0.709. The molecule has 0 fully saturated rings. The van der Waals surface area contributed by atoms with Crippen molar-refractivity contribution in [3.05, 3.63) is 95.6 Å². The zero-order valence-corrected chi connectivity index (χ0v) is 15.7. The van der Waals surface area contributed by atoms with Gasteiger partial charge in [-0.25, -0.2) is 4.39 Å². The van der Waals surface area contributed by atoms with E-state index in [1.807, 2.05) is 42.5 Å². The van der Waals surface area contributed by atoms with E-state index in [9.17, 15) is 9.18 Å². The number of nitrogens with zero attached hydrogens (tertiary/aromatic N) is 1. The minimum absolute atomic E-state index is 0.0595. The average Bonchev–Trinajstić information content (AvgIpc) is 3.05. The van der Waals surface area contributed by atoms with Gasteiger partial charge in [0.15, 0.2) is 0 Å². The second-order valence-corrected chi connectivity index (χ2v) is 7.13. The van der Waals surface area contributed by atoms with E-state index in [1.54, 1.807) is 19.2 Å². The molecule has 0 saturated carbocycles. The maximum Gasteiger partial charge on any atom is 0.217 e. The number of carbonyl (C=O) groups excluding carboxylic acids is 1. The van der Waals surface area contributed by atoms with Gasteiger partial charge < -0.3 is 5.32 Å². The normalized spacial score (nSPS) is 18.2. The van der Waals surface area contributed by atoms with Gasteiger partial charge in [0.1, 0.15) is 5.82 Å². The summed E-state index contributed by atoms with van der Waals surface area (Å²) in [6.45, 7) is 1.54. The van der Waals surface area contributed by atoms with Crippen molar-refractivity contribution in [3.63, 3.8) is 0 Å². The summed E-state index contributed by atoms with van der Waals surface area (Å²) >= 11 is 0. The summed E-state index contributed by atoms with van der Waals surface area (Å²) in [5.74, 6) is -0.325. The van der Waals surface area contributed by atoms with Crippen LogP contribution in [0.3, 0.4) is 0 Å². The Morgan fingerprint density at radius 2 is 1.96 bits per heavy atom. The monoisotopic (exact) mass is 372 g/mol. The van der Waals surface area contributed by atoms with Crippen molar-refractivity contribution in [1.82, 2.24) is 10.3 Å². The van der Waals surface area contributed by atoms with Gasteiger partial charge in [0.2, 0.25) is 5.91 Å². The molecule has 1 aliphatic rings. The molecule has 4 heteroatoms. The molecule has 2 aromatic carbocycles. The van der Waals surface area contributed by atoms with Crippen LogP contribution in [-0.4, -0.2) is 10.9 Å². The van der Waals surface area contributed by atoms with Crippen molar-refractivity contribution in [1.29, 1.82) is 0 Å². The lowest BCUT2D eigenvalue weighted by Crippen LogP contribution is -2.41. The van der Waals surface area contributed by atoms with E-state index < -0.39 is 5.54 Å². The van der Waals surface area contributed by atoms with E-state index in [4.69, 9.17) is 0 Å². The molecule has 0 aliphatic heterocycles. The molecule has 1 aliphatic carbocycles. The first kappa shape index (κ1) is 18.1. The van der Waals surface area contributed by atoms with Crippen LogP contribution < -0.4 is 5.32 Å². The van der Waals surface area contributed by atoms with Gasteiger partial charge in [-0.2, -0.15) is 0 Å². The smallest absolute Gasteiger partial charge is 0.217 e. The second kappa shape index (κ2) is 7.39. The summed E-state index contributed by atoms with van der Waals surface area (Å²) in [6, 6.07) is 18.5. The number of aryl methyl sites for hydroxylation is 1. The highest BCUT2D eigenvalue weighted by Gasteiger charge is 2.36. The van der Waals surface area contributed by atoms with Gasteiger partial charge in [-0.3, -0.25) is 9.78 Å². The average molecular weight is 372 g/mol. The number of hydrogen-bond donors (Lipinski definition) is 1. The number of pyridine rings is 1. The van der Waals surface area contributed by atoms with Crippen LogP contribution >= 0.6 is 0 Å². The molecule has 3 nitrogen and oxygen atoms in total. The number of nitrogens with one attached hydrogen (secondary N) is 1. The predicted octanol–water partition coefficient (Wildman–Crippen LogP) is 4.88. The first-order valence-corrected chi connectivity index (χ1v) is 9.34. The lowest BCUT2D eigenvalue weighted by Gasteiger charge is -2.28. The van der Waals surface area contributed by atoms with Crippen molar-refractivity contribution in [2.24, 2.45) is 0 Å². The molecule has 1 heterocycles. The van der Waals surface area contributed by atoms with Crippen molar-refractivity contribution in [3.8, 4) is 11.1 Å². The molecule has 0 spiro atoms. The molecule has 1 atom stereocenters. The van der Waals surface area contributed by atoms with Crippen molar-refractivity contribution < 1.29 is 9.18 Å². The topological polar surface area (TPSA) is 42.0 Å². The third-order valence-electron chi connectivity index (χ3n) is 5.17. The molecule has 140 valence electrons. The molecule has 1 amide bonds. The van der Waals surface area contributed by atoms with Crippen LogP contribution in [0.15, 0.2) is 72.9 Å². The van der Waals surface area contributed by atoms with Crippen LogP contribution in [0.25, 0.3) is 17.2 Å². The third-order valence-corrected chi connectivity index (χ3v) is 5.17. The molecule has 3 aromatic rings. The van der Waals surface area contributed by atoms with Crippen molar-refractivity contribution in [2.45, 2.75) is 25.3 Å². The summed E-state index contributed by atoms with van der Waals surface area (Å²) in [5, 5.41) is 3.13. The highest BCUT2D eigenvalue weighted by Crippen LogP contribution is 2.38. The van der Waals surface area contributed by atoms with E-state index >= 15 is 0 Å². The van der Waals surface area contributed by atoms with Gasteiger partial charge in [0.05, 0.1) is 11.2 Å². The lowest BCUT2D eigenvalue weighted by atomic mass is 9.90.